The maximum atomic E-state index is 12.2. The van der Waals surface area contributed by atoms with E-state index in [1.165, 1.54) is 24.8 Å². The van der Waals surface area contributed by atoms with Crippen molar-refractivity contribution in [3.8, 4) is 0 Å². The molecule has 0 saturated carbocycles. The van der Waals surface area contributed by atoms with Crippen LogP contribution in [-0.2, 0) is 11.2 Å². The van der Waals surface area contributed by atoms with Crippen LogP contribution in [0.3, 0.4) is 0 Å². The molecular formula is C17H22N2O. The highest BCUT2D eigenvalue weighted by molar-refractivity contribution is 5.96. The number of carbonyl (C=O) groups excluding carboxylic acids is 1. The molecule has 1 aliphatic carbocycles. The molecule has 0 fully saturated rings. The number of para-hydroxylation sites is 1. The summed E-state index contributed by atoms with van der Waals surface area (Å²) in [6.45, 7) is 0.903. The number of aryl methyl sites for hydroxylation is 1. The zero-order valence-corrected chi connectivity index (χ0v) is 11.8. The minimum absolute atomic E-state index is 0.0654. The minimum atomic E-state index is -0.0654. The molecule has 1 aromatic rings. The molecule has 1 atom stereocenters. The second-order valence-corrected chi connectivity index (χ2v) is 5.70. The molecule has 3 nitrogen and oxygen atoms in total. The molecule has 0 radical (unpaired) electrons. The summed E-state index contributed by atoms with van der Waals surface area (Å²) in [4.78, 5) is 12.2. The molecule has 0 spiro atoms. The number of amides is 1. The standard InChI is InChI=1S/C17H22N2O/c20-17-16(18-12-11-13-5-1-2-6-13)10-9-14-7-3-4-8-15(14)19-17/h3-5,7-8,16,18H,1-2,6,9-12H2,(H,19,20). The van der Waals surface area contributed by atoms with Crippen molar-refractivity contribution in [3.05, 3.63) is 41.5 Å². The van der Waals surface area contributed by atoms with Crippen LogP contribution in [0.2, 0.25) is 0 Å². The highest BCUT2D eigenvalue weighted by Gasteiger charge is 2.22. The molecule has 0 saturated heterocycles. The fraction of sp³-hybridized carbons (Fsp3) is 0.471. The van der Waals surface area contributed by atoms with E-state index in [4.69, 9.17) is 0 Å². The lowest BCUT2D eigenvalue weighted by atomic mass is 10.1. The molecule has 0 aromatic heterocycles. The Hall–Kier alpha value is -1.61. The SMILES string of the molecule is O=C1Nc2ccccc2CCC1NCCC1=CCCC1. The van der Waals surface area contributed by atoms with Crippen LogP contribution in [-0.4, -0.2) is 18.5 Å². The van der Waals surface area contributed by atoms with Gasteiger partial charge in [0, 0.05) is 5.69 Å². The molecule has 20 heavy (non-hydrogen) atoms. The van der Waals surface area contributed by atoms with E-state index in [1.807, 2.05) is 18.2 Å². The van der Waals surface area contributed by atoms with E-state index in [-0.39, 0.29) is 11.9 Å². The molecule has 1 amide bonds. The van der Waals surface area contributed by atoms with Crippen molar-refractivity contribution in [3.63, 3.8) is 0 Å². The van der Waals surface area contributed by atoms with Gasteiger partial charge in [0.2, 0.25) is 5.91 Å². The monoisotopic (exact) mass is 270 g/mol. The second kappa shape index (κ2) is 6.23. The Kier molecular flexibility index (Phi) is 4.16. The lowest BCUT2D eigenvalue weighted by molar-refractivity contribution is -0.118. The highest BCUT2D eigenvalue weighted by atomic mass is 16.2. The van der Waals surface area contributed by atoms with Gasteiger partial charge in [0.1, 0.15) is 0 Å². The summed E-state index contributed by atoms with van der Waals surface area (Å²) >= 11 is 0. The lowest BCUT2D eigenvalue weighted by Crippen LogP contribution is -2.40. The Balaban J connectivity index is 1.54. The Morgan fingerprint density at radius 2 is 2.15 bits per heavy atom. The van der Waals surface area contributed by atoms with E-state index in [2.05, 4.69) is 22.8 Å². The Labute approximate surface area is 120 Å². The molecule has 1 heterocycles. The van der Waals surface area contributed by atoms with Crippen LogP contribution in [0, 0.1) is 0 Å². The van der Waals surface area contributed by atoms with Crippen LogP contribution < -0.4 is 10.6 Å². The molecular weight excluding hydrogens is 248 g/mol. The number of hydrogen-bond donors (Lipinski definition) is 2. The maximum absolute atomic E-state index is 12.2. The Morgan fingerprint density at radius 3 is 3.00 bits per heavy atom. The topological polar surface area (TPSA) is 41.1 Å². The fourth-order valence-electron chi connectivity index (χ4n) is 3.08. The van der Waals surface area contributed by atoms with E-state index in [1.54, 1.807) is 5.57 Å². The summed E-state index contributed by atoms with van der Waals surface area (Å²) in [7, 11) is 0. The molecule has 3 rings (SSSR count). The van der Waals surface area contributed by atoms with Gasteiger partial charge in [-0.15, -0.1) is 0 Å². The molecule has 3 heteroatoms. The third kappa shape index (κ3) is 3.10. The van der Waals surface area contributed by atoms with Gasteiger partial charge in [0.25, 0.3) is 0 Å². The number of hydrogen-bond acceptors (Lipinski definition) is 2. The van der Waals surface area contributed by atoms with Crippen LogP contribution in [0.25, 0.3) is 0 Å². The third-order valence-corrected chi connectivity index (χ3v) is 4.27. The van der Waals surface area contributed by atoms with E-state index in [9.17, 15) is 4.79 Å². The third-order valence-electron chi connectivity index (χ3n) is 4.27. The van der Waals surface area contributed by atoms with Crippen molar-refractivity contribution in [1.29, 1.82) is 0 Å². The average Bonchev–Trinajstić information content (AvgIpc) is 2.91. The summed E-state index contributed by atoms with van der Waals surface area (Å²) in [5.74, 6) is 0.107. The number of anilines is 1. The van der Waals surface area contributed by atoms with Gasteiger partial charge in [-0.05, 0) is 56.7 Å². The van der Waals surface area contributed by atoms with Crippen molar-refractivity contribution < 1.29 is 4.79 Å². The first kappa shape index (κ1) is 13.4. The summed E-state index contributed by atoms with van der Waals surface area (Å²) in [6.07, 6.45) is 9.03. The van der Waals surface area contributed by atoms with E-state index in [0.717, 1.165) is 31.5 Å². The van der Waals surface area contributed by atoms with E-state index >= 15 is 0 Å². The van der Waals surface area contributed by atoms with Gasteiger partial charge in [-0.25, -0.2) is 0 Å². The van der Waals surface area contributed by atoms with Crippen LogP contribution in [0.1, 0.15) is 37.7 Å². The van der Waals surface area contributed by atoms with E-state index < -0.39 is 0 Å². The zero-order valence-electron chi connectivity index (χ0n) is 11.8. The van der Waals surface area contributed by atoms with Gasteiger partial charge in [-0.1, -0.05) is 29.8 Å². The van der Waals surface area contributed by atoms with Crippen LogP contribution in [0.5, 0.6) is 0 Å². The normalized spacial score (nSPS) is 21.9. The summed E-state index contributed by atoms with van der Waals surface area (Å²) < 4.78 is 0. The maximum Gasteiger partial charge on any atom is 0.241 e. The zero-order chi connectivity index (χ0) is 13.8. The van der Waals surface area contributed by atoms with Gasteiger partial charge in [0.15, 0.2) is 0 Å². The van der Waals surface area contributed by atoms with Gasteiger partial charge in [-0.2, -0.15) is 0 Å². The number of fused-ring (bicyclic) bond motifs is 1. The molecule has 2 N–H and O–H groups in total. The van der Waals surface area contributed by atoms with Crippen molar-refractivity contribution in [2.75, 3.05) is 11.9 Å². The van der Waals surface area contributed by atoms with Crippen LogP contribution in [0.4, 0.5) is 5.69 Å². The lowest BCUT2D eigenvalue weighted by Gasteiger charge is -2.15. The minimum Gasteiger partial charge on any atom is -0.324 e. The fourth-order valence-corrected chi connectivity index (χ4v) is 3.08. The van der Waals surface area contributed by atoms with Gasteiger partial charge in [-0.3, -0.25) is 4.79 Å². The number of carbonyl (C=O) groups is 1. The van der Waals surface area contributed by atoms with Crippen molar-refractivity contribution >= 4 is 11.6 Å². The smallest absolute Gasteiger partial charge is 0.241 e. The molecule has 0 bridgehead atoms. The first-order valence-electron chi connectivity index (χ1n) is 7.63. The largest absolute Gasteiger partial charge is 0.324 e. The number of nitrogens with one attached hydrogen (secondary N) is 2. The summed E-state index contributed by atoms with van der Waals surface area (Å²) in [5.41, 5.74) is 3.76. The van der Waals surface area contributed by atoms with Crippen molar-refractivity contribution in [2.45, 2.75) is 44.6 Å². The highest BCUT2D eigenvalue weighted by Crippen LogP contribution is 2.22. The number of allylic oxidation sites excluding steroid dienone is 1. The average molecular weight is 270 g/mol. The van der Waals surface area contributed by atoms with Gasteiger partial charge < -0.3 is 10.6 Å². The number of rotatable bonds is 4. The molecule has 106 valence electrons. The first-order chi connectivity index (χ1) is 9.83. The van der Waals surface area contributed by atoms with Crippen LogP contribution >= 0.6 is 0 Å². The van der Waals surface area contributed by atoms with Gasteiger partial charge in [0.05, 0.1) is 6.04 Å². The van der Waals surface area contributed by atoms with E-state index in [0.29, 0.717) is 0 Å². The molecule has 1 aliphatic heterocycles. The quantitative estimate of drug-likeness (QED) is 0.826. The van der Waals surface area contributed by atoms with Crippen LogP contribution in [0.15, 0.2) is 35.9 Å². The molecule has 2 aliphatic rings. The Bertz CT molecular complexity index is 521. The summed E-state index contributed by atoms with van der Waals surface area (Å²) in [6, 6.07) is 8.02. The molecule has 1 aromatic carbocycles. The molecule has 1 unspecified atom stereocenters. The number of benzene rings is 1. The van der Waals surface area contributed by atoms with Gasteiger partial charge >= 0.3 is 0 Å². The summed E-state index contributed by atoms with van der Waals surface area (Å²) in [5, 5.41) is 6.46. The Morgan fingerprint density at radius 1 is 1.25 bits per heavy atom. The second-order valence-electron chi connectivity index (χ2n) is 5.70. The predicted octanol–water partition coefficient (Wildman–Crippen LogP) is 3.03. The predicted molar refractivity (Wildman–Crippen MR) is 81.7 cm³/mol. The van der Waals surface area contributed by atoms with Crippen molar-refractivity contribution in [1.82, 2.24) is 5.32 Å². The van der Waals surface area contributed by atoms with Crippen molar-refractivity contribution in [2.24, 2.45) is 0 Å². The first-order valence-corrected chi connectivity index (χ1v) is 7.63.